The highest BCUT2D eigenvalue weighted by molar-refractivity contribution is 6.37. The quantitative estimate of drug-likeness (QED) is 0.816. The third-order valence-corrected chi connectivity index (χ3v) is 4.68. The van der Waals surface area contributed by atoms with Gasteiger partial charge in [0.2, 0.25) is 0 Å². The fourth-order valence-electron chi connectivity index (χ4n) is 2.82. The largest absolute Gasteiger partial charge is 0.505 e. The van der Waals surface area contributed by atoms with E-state index in [4.69, 9.17) is 23.2 Å². The van der Waals surface area contributed by atoms with Gasteiger partial charge in [0.25, 0.3) is 0 Å². The first kappa shape index (κ1) is 15.7. The summed E-state index contributed by atoms with van der Waals surface area (Å²) in [5, 5.41) is 13.6. The van der Waals surface area contributed by atoms with Crippen LogP contribution in [0.1, 0.15) is 26.7 Å². The average Bonchev–Trinajstić information content (AvgIpc) is 2.44. The number of likely N-dealkylation sites (tertiary alicyclic amines) is 1. The molecule has 0 aliphatic carbocycles. The number of halogens is 2. The minimum atomic E-state index is -0.0543. The molecule has 0 aromatic heterocycles. The van der Waals surface area contributed by atoms with E-state index in [1.54, 1.807) is 12.1 Å². The summed E-state index contributed by atoms with van der Waals surface area (Å²) in [4.78, 5) is 2.49. The molecule has 1 aliphatic heterocycles. The molecule has 2 unspecified atom stereocenters. The molecule has 5 heteroatoms. The van der Waals surface area contributed by atoms with Crippen LogP contribution in [0.25, 0.3) is 0 Å². The van der Waals surface area contributed by atoms with E-state index in [1.807, 2.05) is 0 Å². The van der Waals surface area contributed by atoms with Crippen LogP contribution < -0.4 is 5.32 Å². The zero-order chi connectivity index (χ0) is 14.7. The Morgan fingerprint density at radius 1 is 1.40 bits per heavy atom. The van der Waals surface area contributed by atoms with Gasteiger partial charge in [-0.2, -0.15) is 0 Å². The number of piperidine rings is 1. The fraction of sp³-hybridized carbons (Fsp3) is 0.600. The van der Waals surface area contributed by atoms with Crippen LogP contribution in [-0.2, 0) is 0 Å². The van der Waals surface area contributed by atoms with Crippen molar-refractivity contribution in [1.82, 2.24) is 4.90 Å². The molecule has 3 nitrogen and oxygen atoms in total. The molecule has 0 saturated carbocycles. The van der Waals surface area contributed by atoms with Crippen LogP contribution in [0, 0.1) is 5.92 Å². The molecule has 0 spiro atoms. The second-order valence-electron chi connectivity index (χ2n) is 5.52. The Balaban J connectivity index is 2.02. The van der Waals surface area contributed by atoms with Gasteiger partial charge in [0.1, 0.15) is 0 Å². The lowest BCUT2D eigenvalue weighted by atomic mass is 9.91. The number of rotatable bonds is 4. The number of phenolic OH excluding ortho intramolecular Hbond substituents is 1. The Morgan fingerprint density at radius 3 is 2.65 bits per heavy atom. The van der Waals surface area contributed by atoms with E-state index in [9.17, 15) is 5.11 Å². The van der Waals surface area contributed by atoms with Crippen LogP contribution in [0.4, 0.5) is 5.69 Å². The van der Waals surface area contributed by atoms with Gasteiger partial charge in [-0.25, -0.2) is 0 Å². The smallest absolute Gasteiger partial charge is 0.152 e. The number of nitrogens with one attached hydrogen (secondary N) is 1. The maximum absolute atomic E-state index is 9.58. The maximum atomic E-state index is 9.58. The minimum Gasteiger partial charge on any atom is -0.505 e. The maximum Gasteiger partial charge on any atom is 0.152 e. The van der Waals surface area contributed by atoms with Crippen LogP contribution in [0.3, 0.4) is 0 Å². The molecular formula is C15H22Cl2N2O. The summed E-state index contributed by atoms with van der Waals surface area (Å²) >= 11 is 11.9. The van der Waals surface area contributed by atoms with Crippen molar-refractivity contribution in [2.24, 2.45) is 5.92 Å². The van der Waals surface area contributed by atoms with Crippen LogP contribution in [0.15, 0.2) is 12.1 Å². The highest BCUT2D eigenvalue weighted by Crippen LogP contribution is 2.35. The Kier molecular flexibility index (Phi) is 5.42. The predicted molar refractivity (Wildman–Crippen MR) is 86.0 cm³/mol. The summed E-state index contributed by atoms with van der Waals surface area (Å²) in [6, 6.07) is 3.79. The van der Waals surface area contributed by atoms with Gasteiger partial charge in [0.15, 0.2) is 5.75 Å². The zero-order valence-corrected chi connectivity index (χ0v) is 13.5. The van der Waals surface area contributed by atoms with E-state index >= 15 is 0 Å². The van der Waals surface area contributed by atoms with Crippen molar-refractivity contribution in [3.63, 3.8) is 0 Å². The van der Waals surface area contributed by atoms with Crippen molar-refractivity contribution < 1.29 is 5.11 Å². The lowest BCUT2D eigenvalue weighted by Crippen LogP contribution is -2.41. The minimum absolute atomic E-state index is 0.0543. The predicted octanol–water partition coefficient (Wildman–Crippen LogP) is 4.23. The second kappa shape index (κ2) is 6.88. The average molecular weight is 317 g/mol. The van der Waals surface area contributed by atoms with E-state index in [0.29, 0.717) is 12.0 Å². The second-order valence-corrected chi connectivity index (χ2v) is 6.33. The highest BCUT2D eigenvalue weighted by atomic mass is 35.5. The molecule has 1 aromatic rings. The van der Waals surface area contributed by atoms with Crippen LogP contribution in [0.5, 0.6) is 5.75 Å². The van der Waals surface area contributed by atoms with Crippen molar-refractivity contribution >= 4 is 28.9 Å². The Bertz CT molecular complexity index is 444. The van der Waals surface area contributed by atoms with Gasteiger partial charge in [-0.15, -0.1) is 0 Å². The van der Waals surface area contributed by atoms with Crippen LogP contribution in [-0.4, -0.2) is 35.7 Å². The van der Waals surface area contributed by atoms with Crippen molar-refractivity contribution in [1.29, 1.82) is 0 Å². The highest BCUT2D eigenvalue weighted by Gasteiger charge is 2.24. The van der Waals surface area contributed by atoms with Crippen molar-refractivity contribution in [2.75, 3.05) is 25.0 Å². The molecule has 1 aliphatic rings. The summed E-state index contributed by atoms with van der Waals surface area (Å²) in [6.07, 6.45) is 2.49. The fourth-order valence-corrected chi connectivity index (χ4v) is 3.30. The first-order chi connectivity index (χ1) is 9.51. The van der Waals surface area contributed by atoms with E-state index in [1.165, 1.54) is 19.4 Å². The summed E-state index contributed by atoms with van der Waals surface area (Å²) in [7, 11) is 0. The molecule has 20 heavy (non-hydrogen) atoms. The molecule has 1 fully saturated rings. The molecule has 0 radical (unpaired) electrons. The lowest BCUT2D eigenvalue weighted by molar-refractivity contribution is 0.172. The molecule has 112 valence electrons. The number of benzene rings is 1. The molecule has 1 heterocycles. The summed E-state index contributed by atoms with van der Waals surface area (Å²) in [5.41, 5.74) is 0.860. The third-order valence-electron chi connectivity index (χ3n) is 4.11. The van der Waals surface area contributed by atoms with E-state index in [0.717, 1.165) is 18.8 Å². The number of nitrogens with zero attached hydrogens (tertiary/aromatic N) is 1. The topological polar surface area (TPSA) is 35.5 Å². The molecule has 0 amide bonds. The van der Waals surface area contributed by atoms with Gasteiger partial charge < -0.3 is 15.3 Å². The molecule has 2 atom stereocenters. The Labute approximate surface area is 130 Å². The van der Waals surface area contributed by atoms with Crippen LogP contribution >= 0.6 is 23.2 Å². The summed E-state index contributed by atoms with van der Waals surface area (Å²) in [5.74, 6) is 0.566. The monoisotopic (exact) mass is 316 g/mol. The number of aromatic hydroxyl groups is 1. The molecule has 0 bridgehead atoms. The van der Waals surface area contributed by atoms with Gasteiger partial charge in [-0.3, -0.25) is 0 Å². The van der Waals surface area contributed by atoms with Gasteiger partial charge in [0.05, 0.1) is 10.0 Å². The van der Waals surface area contributed by atoms with Gasteiger partial charge in [0, 0.05) is 18.3 Å². The van der Waals surface area contributed by atoms with E-state index in [-0.39, 0.29) is 15.8 Å². The van der Waals surface area contributed by atoms with Gasteiger partial charge in [-0.1, -0.05) is 30.1 Å². The number of anilines is 1. The Morgan fingerprint density at radius 2 is 2.05 bits per heavy atom. The standard InChI is InChI=1S/C15H22Cl2N2O/c1-3-19-6-4-5-11(9-19)10(2)18-12-7-13(16)15(20)14(17)8-12/h7-8,10-11,18,20H,3-6,9H2,1-2H3. The Hall–Kier alpha value is -0.640. The van der Waals surface area contributed by atoms with Crippen LogP contribution in [0.2, 0.25) is 10.0 Å². The van der Waals surface area contributed by atoms with Gasteiger partial charge in [-0.05, 0) is 50.9 Å². The first-order valence-electron chi connectivity index (χ1n) is 7.18. The number of hydrogen-bond acceptors (Lipinski definition) is 3. The molecule has 2 rings (SSSR count). The first-order valence-corrected chi connectivity index (χ1v) is 7.93. The van der Waals surface area contributed by atoms with E-state index in [2.05, 4.69) is 24.1 Å². The van der Waals surface area contributed by atoms with Gasteiger partial charge >= 0.3 is 0 Å². The van der Waals surface area contributed by atoms with Crippen molar-refractivity contribution in [3.05, 3.63) is 22.2 Å². The number of hydrogen-bond donors (Lipinski definition) is 2. The third kappa shape index (κ3) is 3.72. The van der Waals surface area contributed by atoms with E-state index < -0.39 is 0 Å². The molecule has 1 saturated heterocycles. The normalized spacial score (nSPS) is 21.7. The molecular weight excluding hydrogens is 295 g/mol. The summed E-state index contributed by atoms with van der Waals surface area (Å²) in [6.45, 7) is 7.85. The summed E-state index contributed by atoms with van der Waals surface area (Å²) < 4.78 is 0. The number of phenols is 1. The zero-order valence-electron chi connectivity index (χ0n) is 12.0. The molecule has 2 N–H and O–H groups in total. The lowest BCUT2D eigenvalue weighted by Gasteiger charge is -2.35. The van der Waals surface area contributed by atoms with Crippen molar-refractivity contribution in [2.45, 2.75) is 32.7 Å². The molecule has 1 aromatic carbocycles. The van der Waals surface area contributed by atoms with Crippen molar-refractivity contribution in [3.8, 4) is 5.75 Å². The SMILES string of the molecule is CCN1CCCC(C(C)Nc2cc(Cl)c(O)c(Cl)c2)C1.